The van der Waals surface area contributed by atoms with Gasteiger partial charge in [0.1, 0.15) is 0 Å². The van der Waals surface area contributed by atoms with E-state index in [0.29, 0.717) is 5.92 Å². The third-order valence-corrected chi connectivity index (χ3v) is 10.2. The van der Waals surface area contributed by atoms with Crippen molar-refractivity contribution in [2.45, 2.75) is 12.3 Å². The molecule has 0 spiro atoms. The highest BCUT2D eigenvalue weighted by Gasteiger charge is 2.21. The molecular formula is C50H38N2. The minimum absolute atomic E-state index is 0.291. The van der Waals surface area contributed by atoms with E-state index < -0.39 is 0 Å². The van der Waals surface area contributed by atoms with Crippen LogP contribution in [0.15, 0.2) is 218 Å². The first-order valence-electron chi connectivity index (χ1n) is 18.0. The van der Waals surface area contributed by atoms with Crippen LogP contribution in [0, 0.1) is 0 Å². The molecule has 248 valence electrons. The van der Waals surface area contributed by atoms with E-state index in [0.717, 1.165) is 29.2 Å². The van der Waals surface area contributed by atoms with Crippen LogP contribution in [0.4, 0.5) is 28.4 Å². The predicted molar refractivity (Wildman–Crippen MR) is 221 cm³/mol. The molecule has 0 heterocycles. The Labute approximate surface area is 305 Å². The Morgan fingerprint density at radius 2 is 0.865 bits per heavy atom. The third kappa shape index (κ3) is 6.05. The molecule has 0 fully saturated rings. The summed E-state index contributed by atoms with van der Waals surface area (Å²) in [6.07, 6.45) is 7.99. The van der Waals surface area contributed by atoms with Gasteiger partial charge >= 0.3 is 0 Å². The van der Waals surface area contributed by atoms with Crippen LogP contribution in [0.3, 0.4) is 0 Å². The number of nitrogens with zero attached hydrogens (tertiary/aromatic N) is 2. The minimum Gasteiger partial charge on any atom is -0.310 e. The highest BCUT2D eigenvalue weighted by atomic mass is 15.2. The van der Waals surface area contributed by atoms with E-state index in [1.807, 2.05) is 0 Å². The molecule has 0 aliphatic heterocycles. The van der Waals surface area contributed by atoms with Crippen molar-refractivity contribution in [2.75, 3.05) is 9.80 Å². The minimum atomic E-state index is 0.291. The van der Waals surface area contributed by atoms with Gasteiger partial charge in [0.15, 0.2) is 0 Å². The van der Waals surface area contributed by atoms with Crippen molar-refractivity contribution in [3.63, 3.8) is 0 Å². The maximum Gasteiger partial charge on any atom is 0.0540 e. The Balaban J connectivity index is 1.04. The largest absolute Gasteiger partial charge is 0.310 e. The van der Waals surface area contributed by atoms with E-state index in [1.54, 1.807) is 0 Å². The molecule has 0 aromatic heterocycles. The van der Waals surface area contributed by atoms with Gasteiger partial charge in [-0.2, -0.15) is 0 Å². The average molecular weight is 667 g/mol. The standard InChI is InChI=1S/C50H38N2/c1-3-13-37(14-4-1)38-25-31-45(32-26-38)52(50-24-12-18-42-16-8-10-22-48(42)50)46-35-29-40(30-36-46)39-27-33-44(34-28-39)51(43-19-5-2-6-20-43)49-23-11-17-41-15-7-9-21-47(41)49/h1-27,29-36,39H,28H2. The number of hydrogen-bond acceptors (Lipinski definition) is 2. The van der Waals surface area contributed by atoms with Crippen molar-refractivity contribution in [2.24, 2.45) is 0 Å². The van der Waals surface area contributed by atoms with Crippen molar-refractivity contribution in [1.82, 2.24) is 0 Å². The van der Waals surface area contributed by atoms with Gasteiger partial charge in [0, 0.05) is 39.4 Å². The predicted octanol–water partition coefficient (Wildman–Crippen LogP) is 13.9. The lowest BCUT2D eigenvalue weighted by Crippen LogP contribution is -2.17. The van der Waals surface area contributed by atoms with Gasteiger partial charge in [-0.1, -0.05) is 158 Å². The van der Waals surface area contributed by atoms with Crippen LogP contribution in [-0.4, -0.2) is 0 Å². The second kappa shape index (κ2) is 13.9. The molecule has 1 aliphatic carbocycles. The zero-order valence-electron chi connectivity index (χ0n) is 28.9. The van der Waals surface area contributed by atoms with Gasteiger partial charge in [-0.05, 0) is 88.5 Å². The lowest BCUT2D eigenvalue weighted by atomic mass is 9.91. The summed E-state index contributed by atoms with van der Waals surface area (Å²) in [4.78, 5) is 4.78. The SMILES string of the molecule is C1=CC(c2ccc(N(c3ccc(-c4ccccc4)cc3)c3cccc4ccccc34)cc2)CC=C1N(c1ccccc1)c1cccc2ccccc12. The molecule has 52 heavy (non-hydrogen) atoms. The van der Waals surface area contributed by atoms with Crippen LogP contribution in [0.1, 0.15) is 17.9 Å². The highest BCUT2D eigenvalue weighted by molar-refractivity contribution is 5.99. The summed E-state index contributed by atoms with van der Waals surface area (Å²) in [6, 6.07) is 69.8. The van der Waals surface area contributed by atoms with E-state index in [9.17, 15) is 0 Å². The van der Waals surface area contributed by atoms with Gasteiger partial charge in [0.2, 0.25) is 0 Å². The van der Waals surface area contributed by atoms with Crippen molar-refractivity contribution in [1.29, 1.82) is 0 Å². The van der Waals surface area contributed by atoms with Crippen LogP contribution in [-0.2, 0) is 0 Å². The maximum absolute atomic E-state index is 2.39. The second-order valence-electron chi connectivity index (χ2n) is 13.3. The smallest absolute Gasteiger partial charge is 0.0540 e. The van der Waals surface area contributed by atoms with E-state index >= 15 is 0 Å². The molecule has 2 nitrogen and oxygen atoms in total. The zero-order chi connectivity index (χ0) is 34.7. The molecule has 2 heteroatoms. The average Bonchev–Trinajstić information content (AvgIpc) is 3.23. The van der Waals surface area contributed by atoms with Gasteiger partial charge in [-0.25, -0.2) is 0 Å². The Hall–Kier alpha value is -6.64. The number of fused-ring (bicyclic) bond motifs is 2. The number of hydrogen-bond donors (Lipinski definition) is 0. The summed E-state index contributed by atoms with van der Waals surface area (Å²) < 4.78 is 0. The number of allylic oxidation sites excluding steroid dienone is 3. The van der Waals surface area contributed by atoms with Gasteiger partial charge in [-0.3, -0.25) is 0 Å². The number of benzene rings is 8. The van der Waals surface area contributed by atoms with Crippen molar-refractivity contribution in [3.05, 3.63) is 224 Å². The molecule has 1 atom stereocenters. The summed E-state index contributed by atoms with van der Waals surface area (Å²) in [7, 11) is 0. The van der Waals surface area contributed by atoms with Gasteiger partial charge in [0.25, 0.3) is 0 Å². The Morgan fingerprint density at radius 1 is 0.385 bits per heavy atom. The molecule has 8 aromatic carbocycles. The van der Waals surface area contributed by atoms with Crippen LogP contribution in [0.25, 0.3) is 32.7 Å². The molecule has 0 saturated heterocycles. The lowest BCUT2D eigenvalue weighted by molar-refractivity contribution is 0.840. The Kier molecular flexibility index (Phi) is 8.40. The van der Waals surface area contributed by atoms with E-state index in [1.165, 1.54) is 49.6 Å². The van der Waals surface area contributed by atoms with E-state index in [4.69, 9.17) is 0 Å². The Bertz CT molecular complexity index is 2520. The van der Waals surface area contributed by atoms with Gasteiger partial charge in [0.05, 0.1) is 11.4 Å². The molecule has 8 aromatic rings. The summed E-state index contributed by atoms with van der Waals surface area (Å²) >= 11 is 0. The fourth-order valence-electron chi connectivity index (χ4n) is 7.56. The molecule has 0 radical (unpaired) electrons. The van der Waals surface area contributed by atoms with Gasteiger partial charge in [-0.15, -0.1) is 0 Å². The number of anilines is 5. The molecule has 0 bridgehead atoms. The molecule has 0 N–H and O–H groups in total. The quantitative estimate of drug-likeness (QED) is 0.159. The molecular weight excluding hydrogens is 629 g/mol. The lowest BCUT2D eigenvalue weighted by Gasteiger charge is -2.30. The van der Waals surface area contributed by atoms with Crippen LogP contribution in [0.5, 0.6) is 0 Å². The zero-order valence-corrected chi connectivity index (χ0v) is 28.9. The van der Waals surface area contributed by atoms with Gasteiger partial charge < -0.3 is 9.80 Å². The summed E-state index contributed by atoms with van der Waals surface area (Å²) in [5.41, 5.74) is 10.7. The molecule has 9 rings (SSSR count). The molecule has 0 amide bonds. The summed E-state index contributed by atoms with van der Waals surface area (Å²) in [5.74, 6) is 0.291. The van der Waals surface area contributed by atoms with Crippen molar-refractivity contribution >= 4 is 50.0 Å². The topological polar surface area (TPSA) is 6.48 Å². The fourth-order valence-corrected chi connectivity index (χ4v) is 7.56. The maximum atomic E-state index is 2.39. The normalized spacial score (nSPS) is 13.9. The van der Waals surface area contributed by atoms with Crippen molar-refractivity contribution in [3.8, 4) is 11.1 Å². The number of rotatable bonds is 8. The Morgan fingerprint density at radius 3 is 1.46 bits per heavy atom. The summed E-state index contributed by atoms with van der Waals surface area (Å²) in [6.45, 7) is 0. The van der Waals surface area contributed by atoms with Crippen LogP contribution < -0.4 is 9.80 Å². The molecule has 0 saturated carbocycles. The summed E-state index contributed by atoms with van der Waals surface area (Å²) in [5, 5.41) is 4.93. The fraction of sp³-hybridized carbons (Fsp3) is 0.0400. The molecule has 1 aliphatic rings. The second-order valence-corrected chi connectivity index (χ2v) is 13.3. The monoisotopic (exact) mass is 666 g/mol. The first-order chi connectivity index (χ1) is 25.8. The third-order valence-electron chi connectivity index (χ3n) is 10.2. The first-order valence-corrected chi connectivity index (χ1v) is 18.0. The van der Waals surface area contributed by atoms with E-state index in [-0.39, 0.29) is 0 Å². The highest BCUT2D eigenvalue weighted by Crippen LogP contribution is 2.42. The van der Waals surface area contributed by atoms with Crippen LogP contribution in [0.2, 0.25) is 0 Å². The molecule has 1 unspecified atom stereocenters. The number of para-hydroxylation sites is 1. The first kappa shape index (κ1) is 31.3. The van der Waals surface area contributed by atoms with Crippen molar-refractivity contribution < 1.29 is 0 Å². The van der Waals surface area contributed by atoms with E-state index in [2.05, 4.69) is 222 Å². The van der Waals surface area contributed by atoms with Crippen LogP contribution >= 0.6 is 0 Å².